The topological polar surface area (TPSA) is 115 Å². The molecule has 4 N–H and O–H groups in total. The van der Waals surface area contributed by atoms with E-state index < -0.39 is 29.4 Å². The highest BCUT2D eigenvalue weighted by molar-refractivity contribution is 6.32. The number of pyridine rings is 1. The van der Waals surface area contributed by atoms with Gasteiger partial charge in [0.05, 0.1) is 10.6 Å². The van der Waals surface area contributed by atoms with Crippen LogP contribution in [0.2, 0.25) is 5.02 Å². The summed E-state index contributed by atoms with van der Waals surface area (Å²) < 4.78 is 41.0. The Kier molecular flexibility index (Phi) is 8.24. The van der Waals surface area contributed by atoms with Gasteiger partial charge in [0.1, 0.15) is 5.69 Å². The standard InChI is InChI=1S/C24H26ClF3N6O2/c1-13(2)31-22(35)16(11-15-7-4-5-9-18(15)29)14(3)32-23(36)19-12-20(24(26,27)28)33-34(19)21-17(25)8-6-10-30-21/h6,8,10-13H,3-5,7,9,29H2,1-2H3,(H,31,35)(H,32,36)/b16-11+. The molecule has 8 nitrogen and oxygen atoms in total. The second kappa shape index (κ2) is 11.0. The van der Waals surface area contributed by atoms with Crippen molar-refractivity contribution in [1.82, 2.24) is 25.4 Å². The normalized spacial score (nSPS) is 14.7. The summed E-state index contributed by atoms with van der Waals surface area (Å²) in [6.45, 7) is 7.32. The minimum Gasteiger partial charge on any atom is -0.402 e. The van der Waals surface area contributed by atoms with Gasteiger partial charge in [-0.1, -0.05) is 18.2 Å². The number of rotatable bonds is 7. The molecule has 2 aromatic heterocycles. The van der Waals surface area contributed by atoms with Gasteiger partial charge in [-0.3, -0.25) is 9.59 Å². The third-order valence-electron chi connectivity index (χ3n) is 5.30. The number of amides is 2. The summed E-state index contributed by atoms with van der Waals surface area (Å²) in [4.78, 5) is 30.0. The second-order valence-corrected chi connectivity index (χ2v) is 8.92. The minimum atomic E-state index is -4.83. The quantitative estimate of drug-likeness (QED) is 0.368. The van der Waals surface area contributed by atoms with E-state index in [0.29, 0.717) is 29.3 Å². The number of alkyl halides is 3. The largest absolute Gasteiger partial charge is 0.435 e. The number of carbonyl (C=O) groups is 2. The molecule has 0 bridgehead atoms. The zero-order valence-corrected chi connectivity index (χ0v) is 20.5. The van der Waals surface area contributed by atoms with Crippen LogP contribution in [0, 0.1) is 0 Å². The third kappa shape index (κ3) is 6.34. The van der Waals surface area contributed by atoms with Crippen LogP contribution in [-0.4, -0.2) is 32.6 Å². The maximum Gasteiger partial charge on any atom is 0.435 e. The van der Waals surface area contributed by atoms with E-state index in [9.17, 15) is 22.8 Å². The number of nitrogens with two attached hydrogens (primary N) is 1. The van der Waals surface area contributed by atoms with Gasteiger partial charge in [0.2, 0.25) is 0 Å². The SMILES string of the molecule is C=C(NC(=O)c1cc(C(F)(F)F)nn1-c1ncccc1Cl)/C(=C\C1=C(N)CCCC1)C(=O)NC(C)C. The first-order chi connectivity index (χ1) is 16.9. The fourth-order valence-corrected chi connectivity index (χ4v) is 3.77. The highest BCUT2D eigenvalue weighted by atomic mass is 35.5. The van der Waals surface area contributed by atoms with Gasteiger partial charge < -0.3 is 16.4 Å². The van der Waals surface area contributed by atoms with Crippen LogP contribution in [0.3, 0.4) is 0 Å². The summed E-state index contributed by atoms with van der Waals surface area (Å²) in [7, 11) is 0. The smallest absolute Gasteiger partial charge is 0.402 e. The first kappa shape index (κ1) is 27.0. The van der Waals surface area contributed by atoms with E-state index >= 15 is 0 Å². The van der Waals surface area contributed by atoms with Crippen molar-refractivity contribution in [2.24, 2.45) is 5.73 Å². The van der Waals surface area contributed by atoms with Gasteiger partial charge in [-0.25, -0.2) is 9.67 Å². The molecule has 1 aliphatic rings. The van der Waals surface area contributed by atoms with Gasteiger partial charge in [0, 0.05) is 29.7 Å². The average molecular weight is 523 g/mol. The molecule has 0 saturated heterocycles. The summed E-state index contributed by atoms with van der Waals surface area (Å²) in [5.41, 5.74) is 5.61. The molecule has 192 valence electrons. The number of aromatic nitrogens is 3. The van der Waals surface area contributed by atoms with Gasteiger partial charge in [-0.15, -0.1) is 0 Å². The zero-order chi connectivity index (χ0) is 26.6. The van der Waals surface area contributed by atoms with Gasteiger partial charge in [0.15, 0.2) is 11.5 Å². The molecule has 0 atom stereocenters. The number of allylic oxidation sites excluding steroid dienone is 3. The molecular formula is C24H26ClF3N6O2. The number of carbonyl (C=O) groups excluding carboxylic acids is 2. The molecule has 0 fully saturated rings. The molecule has 3 rings (SSSR count). The molecule has 0 spiro atoms. The van der Waals surface area contributed by atoms with Crippen molar-refractivity contribution in [2.75, 3.05) is 0 Å². The molecule has 2 aromatic rings. The lowest BCUT2D eigenvalue weighted by molar-refractivity contribution is -0.141. The Labute approximate surface area is 211 Å². The first-order valence-corrected chi connectivity index (χ1v) is 11.5. The Hall–Kier alpha value is -3.60. The lowest BCUT2D eigenvalue weighted by Crippen LogP contribution is -2.35. The van der Waals surface area contributed by atoms with E-state index in [1.54, 1.807) is 19.9 Å². The molecule has 0 aromatic carbocycles. The Morgan fingerprint density at radius 1 is 1.28 bits per heavy atom. The lowest BCUT2D eigenvalue weighted by atomic mass is 9.94. The minimum absolute atomic E-state index is 0.0150. The molecule has 2 amide bonds. The maximum absolute atomic E-state index is 13.4. The van der Waals surface area contributed by atoms with Crippen LogP contribution in [0.4, 0.5) is 13.2 Å². The summed E-state index contributed by atoms with van der Waals surface area (Å²) >= 11 is 6.09. The van der Waals surface area contributed by atoms with Crippen LogP contribution >= 0.6 is 11.6 Å². The highest BCUT2D eigenvalue weighted by Crippen LogP contribution is 2.31. The maximum atomic E-state index is 13.4. The average Bonchev–Trinajstić information content (AvgIpc) is 3.24. The van der Waals surface area contributed by atoms with Crippen LogP contribution in [-0.2, 0) is 11.0 Å². The fourth-order valence-electron chi connectivity index (χ4n) is 3.57. The van der Waals surface area contributed by atoms with Crippen molar-refractivity contribution < 1.29 is 22.8 Å². The van der Waals surface area contributed by atoms with Crippen molar-refractivity contribution in [3.05, 3.63) is 76.0 Å². The number of nitrogens with zero attached hydrogens (tertiary/aromatic N) is 3. The molecule has 0 saturated carbocycles. The Morgan fingerprint density at radius 3 is 2.58 bits per heavy atom. The Morgan fingerprint density at radius 2 is 1.97 bits per heavy atom. The molecule has 0 unspecified atom stereocenters. The first-order valence-electron chi connectivity index (χ1n) is 11.2. The van der Waals surface area contributed by atoms with Gasteiger partial charge >= 0.3 is 6.18 Å². The van der Waals surface area contributed by atoms with Crippen LogP contribution < -0.4 is 16.4 Å². The van der Waals surface area contributed by atoms with Gasteiger partial charge in [-0.2, -0.15) is 18.3 Å². The van der Waals surface area contributed by atoms with Crippen LogP contribution in [0.15, 0.2) is 59.6 Å². The van der Waals surface area contributed by atoms with Crippen molar-refractivity contribution in [3.63, 3.8) is 0 Å². The van der Waals surface area contributed by atoms with Crippen molar-refractivity contribution >= 4 is 23.4 Å². The van der Waals surface area contributed by atoms with E-state index in [1.807, 2.05) is 0 Å². The van der Waals surface area contributed by atoms with Crippen molar-refractivity contribution in [1.29, 1.82) is 0 Å². The van der Waals surface area contributed by atoms with Gasteiger partial charge in [-0.05, 0) is 63.3 Å². The number of hydrogen-bond donors (Lipinski definition) is 3. The lowest BCUT2D eigenvalue weighted by Gasteiger charge is -2.18. The highest BCUT2D eigenvalue weighted by Gasteiger charge is 2.36. The molecule has 0 aliphatic heterocycles. The molecule has 12 heteroatoms. The second-order valence-electron chi connectivity index (χ2n) is 8.51. The molecule has 0 radical (unpaired) electrons. The van der Waals surface area contributed by atoms with Crippen LogP contribution in [0.25, 0.3) is 5.82 Å². The Bertz CT molecular complexity index is 1250. The summed E-state index contributed by atoms with van der Waals surface area (Å²) in [6.07, 6.45) is 1.16. The predicted octanol–water partition coefficient (Wildman–Crippen LogP) is 4.42. The van der Waals surface area contributed by atoms with E-state index in [1.165, 1.54) is 18.3 Å². The van der Waals surface area contributed by atoms with Crippen molar-refractivity contribution in [3.8, 4) is 5.82 Å². The van der Waals surface area contributed by atoms with E-state index in [-0.39, 0.29) is 28.2 Å². The number of nitrogens with one attached hydrogen (secondary N) is 2. The Balaban J connectivity index is 2.00. The van der Waals surface area contributed by atoms with Crippen LogP contribution in [0.1, 0.15) is 55.7 Å². The fraction of sp³-hybridized carbons (Fsp3) is 0.333. The summed E-state index contributed by atoms with van der Waals surface area (Å²) in [6, 6.07) is 3.24. The number of halogens is 4. The predicted molar refractivity (Wildman–Crippen MR) is 129 cm³/mol. The van der Waals surface area contributed by atoms with Crippen molar-refractivity contribution in [2.45, 2.75) is 51.7 Å². The summed E-state index contributed by atoms with van der Waals surface area (Å²) in [5, 5.41) is 8.64. The molecule has 2 heterocycles. The van der Waals surface area contributed by atoms with E-state index in [0.717, 1.165) is 18.4 Å². The monoisotopic (exact) mass is 522 g/mol. The van der Waals surface area contributed by atoms with E-state index in [2.05, 4.69) is 27.3 Å². The molecule has 1 aliphatic carbocycles. The van der Waals surface area contributed by atoms with Crippen LogP contribution in [0.5, 0.6) is 0 Å². The third-order valence-corrected chi connectivity index (χ3v) is 5.59. The van der Waals surface area contributed by atoms with Gasteiger partial charge in [0.25, 0.3) is 11.8 Å². The number of hydrogen-bond acceptors (Lipinski definition) is 5. The molecule has 36 heavy (non-hydrogen) atoms. The molecular weight excluding hydrogens is 497 g/mol. The van der Waals surface area contributed by atoms with E-state index in [4.69, 9.17) is 17.3 Å². The summed E-state index contributed by atoms with van der Waals surface area (Å²) in [5.74, 6) is -1.67. The zero-order valence-electron chi connectivity index (χ0n) is 19.7.